The summed E-state index contributed by atoms with van der Waals surface area (Å²) in [6.07, 6.45) is -1.55. The number of nitrogen functional groups attached to an aromatic ring is 2. The number of carboxylic acids is 1. The predicted molar refractivity (Wildman–Crippen MR) is 95.3 cm³/mol. The van der Waals surface area contributed by atoms with E-state index in [1.807, 2.05) is 13.0 Å². The molecule has 0 aliphatic carbocycles. The molecule has 0 radical (unpaired) electrons. The number of anilines is 2. The van der Waals surface area contributed by atoms with Crippen LogP contribution in [0, 0.1) is 0 Å². The van der Waals surface area contributed by atoms with Gasteiger partial charge in [0.05, 0.1) is 23.1 Å². The van der Waals surface area contributed by atoms with E-state index in [9.17, 15) is 9.90 Å². The summed E-state index contributed by atoms with van der Waals surface area (Å²) in [5, 5.41) is 20.4. The van der Waals surface area contributed by atoms with Crippen LogP contribution in [0.5, 0.6) is 5.75 Å². The van der Waals surface area contributed by atoms with Crippen molar-refractivity contribution in [2.75, 3.05) is 18.1 Å². The molecule has 1 heterocycles. The molecule has 0 aliphatic rings. The molecule has 25 heavy (non-hydrogen) atoms. The van der Waals surface area contributed by atoms with Crippen LogP contribution in [0.3, 0.4) is 0 Å². The summed E-state index contributed by atoms with van der Waals surface area (Å²) >= 11 is 0. The molecule has 0 saturated heterocycles. The van der Waals surface area contributed by atoms with Gasteiger partial charge in [0.25, 0.3) is 0 Å². The lowest BCUT2D eigenvalue weighted by molar-refractivity contribution is -0.651. The Kier molecular flexibility index (Phi) is 4.33. The van der Waals surface area contributed by atoms with Crippen molar-refractivity contribution in [3.05, 3.63) is 36.4 Å². The Morgan fingerprint density at radius 3 is 2.60 bits per heavy atom. The van der Waals surface area contributed by atoms with Gasteiger partial charge in [-0.1, -0.05) is 0 Å². The molecule has 1 unspecified atom stereocenters. The predicted octanol–water partition coefficient (Wildman–Crippen LogP) is 1.29. The van der Waals surface area contributed by atoms with E-state index in [-0.39, 0.29) is 6.54 Å². The lowest BCUT2D eigenvalue weighted by atomic mass is 10.1. The van der Waals surface area contributed by atoms with Crippen molar-refractivity contribution in [2.45, 2.75) is 19.6 Å². The fourth-order valence-electron chi connectivity index (χ4n) is 2.95. The molecule has 0 aliphatic heterocycles. The second-order valence-corrected chi connectivity index (χ2v) is 5.77. The molecule has 2 aromatic carbocycles. The van der Waals surface area contributed by atoms with Gasteiger partial charge in [-0.3, -0.25) is 0 Å². The molecule has 3 rings (SSSR count). The van der Waals surface area contributed by atoms with Crippen LogP contribution in [-0.2, 0) is 11.3 Å². The number of aliphatic hydroxyl groups excluding tert-OH is 1. The molecule has 1 atom stereocenters. The molecule has 0 bridgehead atoms. The first-order valence-corrected chi connectivity index (χ1v) is 7.90. The molecule has 1 aromatic heterocycles. The zero-order chi connectivity index (χ0) is 18.1. The summed E-state index contributed by atoms with van der Waals surface area (Å²) in [5.41, 5.74) is 14.7. The zero-order valence-electron chi connectivity index (χ0n) is 13.8. The van der Waals surface area contributed by atoms with Gasteiger partial charge in [0.15, 0.2) is 6.54 Å². The standard InChI is InChI=1S/C18H19N3O4/c1-2-25-11-4-6-14-13(8-11)17(20)12-5-3-10(19)7-15(12)21(14)9-16(22)18(23)24/h3-8,16,22H,2,9H2,1H3,(H4,19,20,23,24)/p+1. The van der Waals surface area contributed by atoms with E-state index in [0.29, 0.717) is 34.8 Å². The molecule has 6 N–H and O–H groups in total. The number of rotatable bonds is 5. The van der Waals surface area contributed by atoms with E-state index in [1.165, 1.54) is 0 Å². The average molecular weight is 342 g/mol. The smallest absolute Gasteiger partial charge is 0.339 e. The largest absolute Gasteiger partial charge is 0.494 e. The number of carboxylic acid groups (broad SMARTS) is 1. The minimum atomic E-state index is -1.55. The number of carbonyl (C=O) groups is 1. The molecule has 3 aromatic rings. The summed E-state index contributed by atoms with van der Waals surface area (Å²) in [4.78, 5) is 11.1. The van der Waals surface area contributed by atoms with Gasteiger partial charge in [-0.2, -0.15) is 4.57 Å². The van der Waals surface area contributed by atoms with Crippen LogP contribution < -0.4 is 20.8 Å². The van der Waals surface area contributed by atoms with Crippen LogP contribution >= 0.6 is 0 Å². The Bertz CT molecular complexity index is 972. The monoisotopic (exact) mass is 342 g/mol. The maximum Gasteiger partial charge on any atom is 0.339 e. The molecular weight excluding hydrogens is 322 g/mol. The lowest BCUT2D eigenvalue weighted by Gasteiger charge is -2.12. The minimum Gasteiger partial charge on any atom is -0.494 e. The molecule has 0 fully saturated rings. The van der Waals surface area contributed by atoms with E-state index in [4.69, 9.17) is 21.3 Å². The van der Waals surface area contributed by atoms with E-state index in [2.05, 4.69) is 0 Å². The van der Waals surface area contributed by atoms with Gasteiger partial charge in [-0.25, -0.2) is 4.79 Å². The van der Waals surface area contributed by atoms with Gasteiger partial charge in [0.1, 0.15) is 5.75 Å². The molecule has 130 valence electrons. The average Bonchev–Trinajstić information content (AvgIpc) is 2.58. The van der Waals surface area contributed by atoms with Crippen LogP contribution in [0.1, 0.15) is 6.92 Å². The molecule has 0 saturated carbocycles. The van der Waals surface area contributed by atoms with E-state index >= 15 is 0 Å². The number of hydrogen-bond acceptors (Lipinski definition) is 5. The molecule has 7 nitrogen and oxygen atoms in total. The number of aliphatic hydroxyl groups is 1. The second kappa shape index (κ2) is 6.45. The Hall–Kier alpha value is -3.06. The van der Waals surface area contributed by atoms with Crippen LogP contribution in [0.15, 0.2) is 36.4 Å². The summed E-state index contributed by atoms with van der Waals surface area (Å²) in [6.45, 7) is 2.29. The maximum atomic E-state index is 11.1. The first-order valence-electron chi connectivity index (χ1n) is 7.90. The number of nitrogens with two attached hydrogens (primary N) is 2. The van der Waals surface area contributed by atoms with Gasteiger partial charge in [0, 0.05) is 17.8 Å². The summed E-state index contributed by atoms with van der Waals surface area (Å²) in [7, 11) is 0. The van der Waals surface area contributed by atoms with Gasteiger partial charge in [-0.05, 0) is 31.2 Å². The third-order valence-corrected chi connectivity index (χ3v) is 4.10. The van der Waals surface area contributed by atoms with Crippen molar-refractivity contribution < 1.29 is 24.3 Å². The molecule has 0 amide bonds. The van der Waals surface area contributed by atoms with Gasteiger partial charge in [0.2, 0.25) is 17.1 Å². The highest BCUT2D eigenvalue weighted by molar-refractivity contribution is 6.04. The van der Waals surface area contributed by atoms with Crippen molar-refractivity contribution in [1.29, 1.82) is 0 Å². The highest BCUT2D eigenvalue weighted by atomic mass is 16.5. The third-order valence-electron chi connectivity index (χ3n) is 4.10. The minimum absolute atomic E-state index is 0.125. The van der Waals surface area contributed by atoms with Crippen molar-refractivity contribution in [1.82, 2.24) is 0 Å². The van der Waals surface area contributed by atoms with Crippen molar-refractivity contribution in [3.63, 3.8) is 0 Å². The summed E-state index contributed by atoms with van der Waals surface area (Å²) in [6, 6.07) is 10.6. The maximum absolute atomic E-state index is 11.1. The number of hydrogen-bond donors (Lipinski definition) is 4. The van der Waals surface area contributed by atoms with Gasteiger partial charge in [-0.15, -0.1) is 0 Å². The Balaban J connectivity index is 2.35. The fraction of sp³-hybridized carbons (Fsp3) is 0.222. The molecular formula is C18H20N3O4+. The van der Waals surface area contributed by atoms with E-state index < -0.39 is 12.1 Å². The number of aromatic nitrogens is 1. The number of fused-ring (bicyclic) bond motifs is 2. The Morgan fingerprint density at radius 2 is 1.92 bits per heavy atom. The first-order chi connectivity index (χ1) is 11.9. The summed E-state index contributed by atoms with van der Waals surface area (Å²) in [5.74, 6) is -0.623. The van der Waals surface area contributed by atoms with Crippen LogP contribution in [-0.4, -0.2) is 28.9 Å². The zero-order valence-corrected chi connectivity index (χ0v) is 13.8. The van der Waals surface area contributed by atoms with E-state index in [1.54, 1.807) is 34.9 Å². The number of benzene rings is 2. The Morgan fingerprint density at radius 1 is 1.16 bits per heavy atom. The van der Waals surface area contributed by atoms with Crippen molar-refractivity contribution >= 4 is 39.1 Å². The van der Waals surface area contributed by atoms with Gasteiger partial charge < -0.3 is 26.4 Å². The summed E-state index contributed by atoms with van der Waals surface area (Å²) < 4.78 is 7.25. The number of nitrogens with zero attached hydrogens (tertiary/aromatic N) is 1. The van der Waals surface area contributed by atoms with Crippen LogP contribution in [0.2, 0.25) is 0 Å². The first kappa shape index (κ1) is 16.8. The van der Waals surface area contributed by atoms with Gasteiger partial charge >= 0.3 is 5.97 Å². The quantitative estimate of drug-likeness (QED) is 0.315. The lowest BCUT2D eigenvalue weighted by Crippen LogP contribution is -2.44. The van der Waals surface area contributed by atoms with Crippen LogP contribution in [0.25, 0.3) is 21.8 Å². The topological polar surface area (TPSA) is 123 Å². The molecule has 7 heteroatoms. The number of aliphatic carboxylic acids is 1. The number of ether oxygens (including phenoxy) is 1. The number of pyridine rings is 1. The normalized spacial score (nSPS) is 12.4. The Labute approximate surface area is 144 Å². The second-order valence-electron chi connectivity index (χ2n) is 5.77. The fourth-order valence-corrected chi connectivity index (χ4v) is 2.95. The van der Waals surface area contributed by atoms with Crippen LogP contribution in [0.4, 0.5) is 11.4 Å². The highest BCUT2D eigenvalue weighted by Crippen LogP contribution is 2.30. The molecule has 0 spiro atoms. The van der Waals surface area contributed by atoms with Crippen molar-refractivity contribution in [2.24, 2.45) is 0 Å². The third kappa shape index (κ3) is 3.01. The SMILES string of the molecule is CCOc1ccc2c(c1)c(N)c1ccc(N)cc1[n+]2CC(O)C(=O)O. The van der Waals surface area contributed by atoms with E-state index in [0.717, 1.165) is 10.8 Å². The highest BCUT2D eigenvalue weighted by Gasteiger charge is 2.25. The van der Waals surface area contributed by atoms with Crippen molar-refractivity contribution in [3.8, 4) is 5.75 Å².